The number of aliphatic hydroxyl groups is 2. The van der Waals surface area contributed by atoms with Gasteiger partial charge in [-0.05, 0) is 56.0 Å². The molecule has 3 aromatic rings. The molecule has 1 amide bonds. The first-order valence-corrected chi connectivity index (χ1v) is 14.5. The standard InChI is InChI=1S/C30H33Cl2FN4O4/c1-41-30(25(39)12-9-22-4-2-3-13-36(22)14-15-38)27-24(29(40)37(30)18-26-34-16-21(32)17-35-26)11-10-23(28(27)33)19-5-7-20(31)8-6-19/h5-8,10-11,16-17,22,25,38-39H,2-4,9,12-15,18H2,1H3/t22?,25-,30-/m0/s1. The third-order valence-corrected chi connectivity index (χ3v) is 8.62. The molecule has 0 aliphatic carbocycles. The first kappa shape index (κ1) is 29.8. The van der Waals surface area contributed by atoms with Gasteiger partial charge in [0, 0.05) is 42.7 Å². The van der Waals surface area contributed by atoms with E-state index in [0.717, 1.165) is 25.8 Å². The maximum atomic E-state index is 16.6. The molecule has 0 radical (unpaired) electrons. The van der Waals surface area contributed by atoms with Crippen molar-refractivity contribution in [3.05, 3.63) is 81.6 Å². The van der Waals surface area contributed by atoms with E-state index in [2.05, 4.69) is 14.9 Å². The maximum absolute atomic E-state index is 16.6. The number of likely N-dealkylation sites (tertiary alicyclic amines) is 1. The SMILES string of the molecule is CO[C@@]1([C@@H](O)CCC2CCCCN2CCO)c2c(ccc(-c3ccc(Cl)cc3)c2F)C(=O)N1Cc1ncc(Cl)cn1. The zero-order valence-corrected chi connectivity index (χ0v) is 24.3. The summed E-state index contributed by atoms with van der Waals surface area (Å²) in [7, 11) is 1.37. The largest absolute Gasteiger partial charge is 0.395 e. The number of amides is 1. The molecule has 2 aliphatic heterocycles. The lowest BCUT2D eigenvalue weighted by Gasteiger charge is -2.42. The predicted molar refractivity (Wildman–Crippen MR) is 154 cm³/mol. The van der Waals surface area contributed by atoms with Gasteiger partial charge in [-0.3, -0.25) is 14.6 Å². The van der Waals surface area contributed by atoms with Crippen LogP contribution in [0.1, 0.15) is 53.8 Å². The molecule has 1 saturated heterocycles. The van der Waals surface area contributed by atoms with Gasteiger partial charge < -0.3 is 14.9 Å². The molecule has 2 aromatic carbocycles. The Kier molecular flexibility index (Phi) is 9.23. The number of ether oxygens (including phenoxy) is 1. The van der Waals surface area contributed by atoms with Crippen LogP contribution in [0, 0.1) is 5.82 Å². The molecule has 218 valence electrons. The third-order valence-electron chi connectivity index (χ3n) is 8.18. The molecule has 8 nitrogen and oxygen atoms in total. The van der Waals surface area contributed by atoms with E-state index in [1.165, 1.54) is 24.4 Å². The molecule has 2 aliphatic rings. The van der Waals surface area contributed by atoms with Crippen molar-refractivity contribution in [1.82, 2.24) is 19.8 Å². The first-order chi connectivity index (χ1) is 19.8. The molecule has 1 unspecified atom stereocenters. The highest BCUT2D eigenvalue weighted by atomic mass is 35.5. The van der Waals surface area contributed by atoms with Crippen LogP contribution in [0.15, 0.2) is 48.8 Å². The number of hydrogen-bond acceptors (Lipinski definition) is 7. The summed E-state index contributed by atoms with van der Waals surface area (Å²) in [6.45, 7) is 1.34. The number of piperidine rings is 1. The van der Waals surface area contributed by atoms with Crippen LogP contribution in [0.25, 0.3) is 11.1 Å². The van der Waals surface area contributed by atoms with Crippen LogP contribution in [-0.2, 0) is 17.0 Å². The van der Waals surface area contributed by atoms with Gasteiger partial charge in [0.1, 0.15) is 17.7 Å². The van der Waals surface area contributed by atoms with E-state index in [9.17, 15) is 15.0 Å². The van der Waals surface area contributed by atoms with Gasteiger partial charge in [-0.2, -0.15) is 0 Å². The molecule has 2 N–H and O–H groups in total. The zero-order valence-electron chi connectivity index (χ0n) is 22.8. The molecule has 1 aromatic heterocycles. The fourth-order valence-electron chi connectivity index (χ4n) is 6.19. The number of methoxy groups -OCH3 is 1. The summed E-state index contributed by atoms with van der Waals surface area (Å²) >= 11 is 12.0. The van der Waals surface area contributed by atoms with Crippen LogP contribution in [0.4, 0.5) is 4.39 Å². The van der Waals surface area contributed by atoms with E-state index in [1.54, 1.807) is 36.4 Å². The quantitative estimate of drug-likeness (QED) is 0.336. The van der Waals surface area contributed by atoms with Crippen molar-refractivity contribution in [3.8, 4) is 11.1 Å². The average Bonchev–Trinajstić information content (AvgIpc) is 3.23. The molecule has 41 heavy (non-hydrogen) atoms. The second-order valence-corrected chi connectivity index (χ2v) is 11.3. The number of carbonyl (C=O) groups is 1. The number of carbonyl (C=O) groups excluding carboxylic acids is 1. The number of halogens is 3. The summed E-state index contributed by atoms with van der Waals surface area (Å²) in [6, 6.07) is 10.0. The maximum Gasteiger partial charge on any atom is 0.257 e. The Balaban J connectivity index is 1.56. The number of β-amino-alcohol motifs (C(OH)–C–C–N with tert-alkyl or cyclic N) is 1. The van der Waals surface area contributed by atoms with Crippen LogP contribution in [-0.4, -0.2) is 74.8 Å². The van der Waals surface area contributed by atoms with E-state index in [-0.39, 0.29) is 48.1 Å². The Hall–Kier alpha value is -2.66. The topological polar surface area (TPSA) is 99.0 Å². The summed E-state index contributed by atoms with van der Waals surface area (Å²) in [5.74, 6) is -0.886. The minimum atomic E-state index is -1.83. The van der Waals surface area contributed by atoms with Gasteiger partial charge in [0.2, 0.25) is 0 Å². The predicted octanol–water partition coefficient (Wildman–Crippen LogP) is 5.03. The van der Waals surface area contributed by atoms with Gasteiger partial charge in [-0.15, -0.1) is 0 Å². The zero-order chi connectivity index (χ0) is 29.1. The highest BCUT2D eigenvalue weighted by Crippen LogP contribution is 2.48. The molecule has 3 heterocycles. The first-order valence-electron chi connectivity index (χ1n) is 13.8. The van der Waals surface area contributed by atoms with Crippen molar-refractivity contribution in [2.75, 3.05) is 26.8 Å². The van der Waals surface area contributed by atoms with E-state index in [0.29, 0.717) is 28.6 Å². The molecular formula is C30H33Cl2FN4O4. The summed E-state index contributed by atoms with van der Waals surface area (Å²) in [6.07, 6.45) is 5.41. The van der Waals surface area contributed by atoms with Crippen molar-refractivity contribution in [3.63, 3.8) is 0 Å². The van der Waals surface area contributed by atoms with Gasteiger partial charge in [0.15, 0.2) is 5.72 Å². The lowest BCUT2D eigenvalue weighted by molar-refractivity contribution is -0.191. The average molecular weight is 604 g/mol. The normalized spacial score (nSPS) is 21.8. The Morgan fingerprint density at radius 3 is 2.49 bits per heavy atom. The molecule has 11 heteroatoms. The van der Waals surface area contributed by atoms with Gasteiger partial charge in [-0.1, -0.05) is 47.8 Å². The summed E-state index contributed by atoms with van der Waals surface area (Å²) < 4.78 is 22.6. The van der Waals surface area contributed by atoms with Gasteiger partial charge in [0.05, 0.1) is 29.3 Å². The molecule has 1 fully saturated rings. The third kappa shape index (κ3) is 5.71. The Labute approximate surface area is 248 Å². The van der Waals surface area contributed by atoms with Gasteiger partial charge in [-0.25, -0.2) is 14.4 Å². The molecule has 0 saturated carbocycles. The minimum Gasteiger partial charge on any atom is -0.395 e. The van der Waals surface area contributed by atoms with Crippen molar-refractivity contribution in [2.24, 2.45) is 0 Å². The number of rotatable bonds is 10. The number of aliphatic hydroxyl groups excluding tert-OH is 2. The highest BCUT2D eigenvalue weighted by molar-refractivity contribution is 6.30. The summed E-state index contributed by atoms with van der Waals surface area (Å²) in [4.78, 5) is 25.9. The van der Waals surface area contributed by atoms with Crippen LogP contribution in [0.3, 0.4) is 0 Å². The van der Waals surface area contributed by atoms with E-state index >= 15 is 4.39 Å². The van der Waals surface area contributed by atoms with Gasteiger partial charge >= 0.3 is 0 Å². The van der Waals surface area contributed by atoms with Crippen LogP contribution in [0.5, 0.6) is 0 Å². The lowest BCUT2D eigenvalue weighted by Crippen LogP contribution is -2.54. The number of hydrogen-bond donors (Lipinski definition) is 2. The van der Waals surface area contributed by atoms with Crippen molar-refractivity contribution in [2.45, 2.75) is 56.5 Å². The highest BCUT2D eigenvalue weighted by Gasteiger charge is 2.57. The number of benzene rings is 2. The fourth-order valence-corrected chi connectivity index (χ4v) is 6.41. The number of nitrogens with zero attached hydrogens (tertiary/aromatic N) is 4. The van der Waals surface area contributed by atoms with Crippen molar-refractivity contribution >= 4 is 29.1 Å². The molecule has 0 bridgehead atoms. The fraction of sp³-hybridized carbons (Fsp3) is 0.433. The second kappa shape index (κ2) is 12.7. The summed E-state index contributed by atoms with van der Waals surface area (Å²) in [5.41, 5.74) is -0.918. The van der Waals surface area contributed by atoms with Crippen LogP contribution in [0.2, 0.25) is 10.0 Å². The smallest absolute Gasteiger partial charge is 0.257 e. The van der Waals surface area contributed by atoms with Crippen LogP contribution < -0.4 is 0 Å². The molecule has 0 spiro atoms. The van der Waals surface area contributed by atoms with E-state index in [1.807, 2.05) is 0 Å². The van der Waals surface area contributed by atoms with E-state index < -0.39 is 23.6 Å². The van der Waals surface area contributed by atoms with Crippen molar-refractivity contribution < 1.29 is 24.1 Å². The monoisotopic (exact) mass is 602 g/mol. The Morgan fingerprint density at radius 1 is 1.10 bits per heavy atom. The molecule has 3 atom stereocenters. The number of fused-ring (bicyclic) bond motifs is 1. The van der Waals surface area contributed by atoms with Crippen LogP contribution >= 0.6 is 23.2 Å². The Morgan fingerprint density at radius 2 is 1.80 bits per heavy atom. The van der Waals surface area contributed by atoms with E-state index in [4.69, 9.17) is 27.9 Å². The molecular weight excluding hydrogens is 570 g/mol. The Bertz CT molecular complexity index is 1380. The minimum absolute atomic E-state index is 0.0187. The second-order valence-electron chi connectivity index (χ2n) is 10.5. The van der Waals surface area contributed by atoms with Gasteiger partial charge in [0.25, 0.3) is 5.91 Å². The summed E-state index contributed by atoms with van der Waals surface area (Å²) in [5, 5.41) is 22.3. The number of aromatic nitrogens is 2. The molecule has 5 rings (SSSR count). The van der Waals surface area contributed by atoms with Crippen molar-refractivity contribution in [1.29, 1.82) is 0 Å². The lowest BCUT2D eigenvalue weighted by atomic mass is 9.87.